The maximum atomic E-state index is 11.8. The first kappa shape index (κ1) is 11.4. The first-order valence-corrected chi connectivity index (χ1v) is 5.94. The molecule has 0 aromatic rings. The van der Waals surface area contributed by atoms with Crippen molar-refractivity contribution in [1.82, 2.24) is 4.90 Å². The summed E-state index contributed by atoms with van der Waals surface area (Å²) >= 11 is 0. The fourth-order valence-corrected chi connectivity index (χ4v) is 2.31. The maximum Gasteiger partial charge on any atom is 0.411 e. The Balaban J connectivity index is 1.98. The number of hydrogen-bond acceptors (Lipinski definition) is 3. The highest BCUT2D eigenvalue weighted by Crippen LogP contribution is 2.38. The Kier molecular flexibility index (Phi) is 2.68. The van der Waals surface area contributed by atoms with Gasteiger partial charge in [-0.3, -0.25) is 9.69 Å². The lowest BCUT2D eigenvalue weighted by Gasteiger charge is -2.20. The van der Waals surface area contributed by atoms with Gasteiger partial charge in [-0.2, -0.15) is 0 Å². The van der Waals surface area contributed by atoms with E-state index < -0.39 is 5.60 Å². The van der Waals surface area contributed by atoms with E-state index in [1.165, 1.54) is 0 Å². The Bertz CT molecular complexity index is 319. The van der Waals surface area contributed by atoms with E-state index >= 15 is 0 Å². The molecule has 0 bridgehead atoms. The normalized spacial score (nSPS) is 29.4. The smallest absolute Gasteiger partial charge is 0.411 e. The minimum atomic E-state index is -0.484. The second kappa shape index (κ2) is 3.75. The lowest BCUT2D eigenvalue weighted by atomic mass is 10.2. The lowest BCUT2D eigenvalue weighted by molar-refractivity contribution is -0.119. The van der Waals surface area contributed by atoms with Crippen molar-refractivity contribution in [2.45, 2.75) is 64.1 Å². The third kappa shape index (κ3) is 2.20. The number of ketones is 1. The third-order valence-corrected chi connectivity index (χ3v) is 3.04. The Morgan fingerprint density at radius 1 is 1.38 bits per heavy atom. The number of hydrogen-bond donors (Lipinski definition) is 0. The van der Waals surface area contributed by atoms with Crippen molar-refractivity contribution in [3.05, 3.63) is 0 Å². The zero-order valence-electron chi connectivity index (χ0n) is 10.2. The molecule has 2 rings (SSSR count). The molecule has 1 aliphatic heterocycles. The molecule has 1 amide bonds. The number of fused-ring (bicyclic) bond motifs is 1. The van der Waals surface area contributed by atoms with Gasteiger partial charge in [0.05, 0.1) is 6.04 Å². The highest BCUT2D eigenvalue weighted by atomic mass is 16.6. The zero-order valence-corrected chi connectivity index (χ0v) is 10.2. The molecule has 2 atom stereocenters. The van der Waals surface area contributed by atoms with Crippen LogP contribution in [0.3, 0.4) is 0 Å². The number of nitrogens with zero attached hydrogens (tertiary/aromatic N) is 1. The quantitative estimate of drug-likeness (QED) is 0.593. The zero-order chi connectivity index (χ0) is 11.9. The second-order valence-corrected chi connectivity index (χ2v) is 5.61. The van der Waals surface area contributed by atoms with Crippen LogP contribution >= 0.6 is 0 Å². The predicted molar refractivity (Wildman–Crippen MR) is 59.1 cm³/mol. The molecule has 0 unspecified atom stereocenters. The summed E-state index contributed by atoms with van der Waals surface area (Å²) < 4.78 is 5.28. The van der Waals surface area contributed by atoms with Gasteiger partial charge in [-0.25, -0.2) is 4.79 Å². The molecule has 1 saturated carbocycles. The molecule has 16 heavy (non-hydrogen) atoms. The van der Waals surface area contributed by atoms with Crippen LogP contribution in [0.4, 0.5) is 4.79 Å². The SMILES string of the molecule is CC(C)(C)OC(=O)N1[C@@H]2C(=O)CCCC[C@@H]21. The highest BCUT2D eigenvalue weighted by Gasteiger charge is 2.56. The largest absolute Gasteiger partial charge is 0.444 e. The van der Waals surface area contributed by atoms with E-state index in [9.17, 15) is 9.59 Å². The molecular formula is C12H19NO3. The Morgan fingerprint density at radius 3 is 2.69 bits per heavy atom. The molecule has 0 aromatic heterocycles. The summed E-state index contributed by atoms with van der Waals surface area (Å²) in [6.45, 7) is 5.52. The summed E-state index contributed by atoms with van der Waals surface area (Å²) in [4.78, 5) is 25.1. The first-order chi connectivity index (χ1) is 7.40. The van der Waals surface area contributed by atoms with Crippen LogP contribution in [0.15, 0.2) is 0 Å². The van der Waals surface area contributed by atoms with Gasteiger partial charge in [-0.15, -0.1) is 0 Å². The van der Waals surface area contributed by atoms with E-state index in [4.69, 9.17) is 4.74 Å². The van der Waals surface area contributed by atoms with Crippen molar-refractivity contribution in [2.75, 3.05) is 0 Å². The van der Waals surface area contributed by atoms with E-state index in [2.05, 4.69) is 0 Å². The summed E-state index contributed by atoms with van der Waals surface area (Å²) in [5, 5.41) is 0. The minimum Gasteiger partial charge on any atom is -0.444 e. The van der Waals surface area contributed by atoms with E-state index in [0.29, 0.717) is 6.42 Å². The van der Waals surface area contributed by atoms with E-state index in [1.807, 2.05) is 20.8 Å². The minimum absolute atomic E-state index is 0.116. The van der Waals surface area contributed by atoms with Crippen LogP contribution in [0, 0.1) is 0 Å². The molecule has 0 spiro atoms. The van der Waals surface area contributed by atoms with Crippen LogP contribution in [0.5, 0.6) is 0 Å². The molecule has 4 heteroatoms. The number of carbonyl (C=O) groups is 2. The summed E-state index contributed by atoms with van der Waals surface area (Å²) in [5.74, 6) is 0.202. The van der Waals surface area contributed by atoms with Crippen LogP contribution in [-0.2, 0) is 9.53 Å². The number of amides is 1. The van der Waals surface area contributed by atoms with Crippen LogP contribution in [0.2, 0.25) is 0 Å². The summed E-state index contributed by atoms with van der Waals surface area (Å²) in [6, 6.07) is -0.0674. The Labute approximate surface area is 95.9 Å². The van der Waals surface area contributed by atoms with Gasteiger partial charge in [0, 0.05) is 6.42 Å². The van der Waals surface area contributed by atoms with Crippen LogP contribution < -0.4 is 0 Å². The number of ether oxygens (including phenoxy) is 1. The Hall–Kier alpha value is -1.06. The van der Waals surface area contributed by atoms with Gasteiger partial charge in [-0.1, -0.05) is 6.42 Å². The summed E-state index contributed by atoms with van der Waals surface area (Å²) in [5.41, 5.74) is -0.484. The monoisotopic (exact) mass is 225 g/mol. The first-order valence-electron chi connectivity index (χ1n) is 5.94. The molecule has 1 saturated heterocycles. The van der Waals surface area contributed by atoms with Gasteiger partial charge < -0.3 is 4.74 Å². The third-order valence-electron chi connectivity index (χ3n) is 3.04. The molecule has 0 N–H and O–H groups in total. The lowest BCUT2D eigenvalue weighted by Crippen LogP contribution is -2.29. The molecule has 2 aliphatic rings. The topological polar surface area (TPSA) is 46.4 Å². The fourth-order valence-electron chi connectivity index (χ4n) is 2.31. The molecule has 1 aliphatic carbocycles. The standard InChI is InChI=1S/C12H19NO3/c1-12(2,3)16-11(15)13-8-6-4-5-7-9(14)10(8)13/h8,10H,4-7H2,1-3H3/t8-,10-,13?/m0/s1. The number of carbonyl (C=O) groups excluding carboxylic acids is 2. The van der Waals surface area contributed by atoms with Crippen LogP contribution in [-0.4, -0.2) is 34.5 Å². The van der Waals surface area contributed by atoms with Gasteiger partial charge in [-0.05, 0) is 33.6 Å². The second-order valence-electron chi connectivity index (χ2n) is 5.61. The van der Waals surface area contributed by atoms with E-state index in [1.54, 1.807) is 4.90 Å². The van der Waals surface area contributed by atoms with Gasteiger partial charge >= 0.3 is 6.09 Å². The van der Waals surface area contributed by atoms with Crippen molar-refractivity contribution in [3.8, 4) is 0 Å². The Morgan fingerprint density at radius 2 is 2.06 bits per heavy atom. The molecular weight excluding hydrogens is 206 g/mol. The van der Waals surface area contributed by atoms with Crippen LogP contribution in [0.1, 0.15) is 46.5 Å². The predicted octanol–water partition coefficient (Wildman–Crippen LogP) is 2.12. The summed E-state index contributed by atoms with van der Waals surface area (Å²) in [6.07, 6.45) is 3.22. The van der Waals surface area contributed by atoms with Crippen molar-refractivity contribution >= 4 is 11.9 Å². The van der Waals surface area contributed by atoms with Crippen molar-refractivity contribution < 1.29 is 14.3 Å². The average molecular weight is 225 g/mol. The molecule has 4 nitrogen and oxygen atoms in total. The average Bonchev–Trinajstić information content (AvgIpc) is 2.82. The number of rotatable bonds is 0. The van der Waals surface area contributed by atoms with Crippen molar-refractivity contribution in [1.29, 1.82) is 0 Å². The molecule has 0 aromatic carbocycles. The van der Waals surface area contributed by atoms with Crippen molar-refractivity contribution in [3.63, 3.8) is 0 Å². The maximum absolute atomic E-state index is 11.8. The molecule has 2 fully saturated rings. The van der Waals surface area contributed by atoms with Gasteiger partial charge in [0.25, 0.3) is 0 Å². The fraction of sp³-hybridized carbons (Fsp3) is 0.833. The van der Waals surface area contributed by atoms with Crippen LogP contribution in [0.25, 0.3) is 0 Å². The van der Waals surface area contributed by atoms with Gasteiger partial charge in [0.15, 0.2) is 5.78 Å². The number of Topliss-reactive ketones (excluding diaryl/α,β-unsaturated/α-hetero) is 1. The number of likely N-dealkylation sites (tertiary alicyclic amines) is 1. The van der Waals surface area contributed by atoms with E-state index in [-0.39, 0.29) is 24.0 Å². The van der Waals surface area contributed by atoms with E-state index in [0.717, 1.165) is 19.3 Å². The molecule has 1 heterocycles. The van der Waals surface area contributed by atoms with Gasteiger partial charge in [0.2, 0.25) is 0 Å². The molecule has 90 valence electrons. The van der Waals surface area contributed by atoms with Crippen molar-refractivity contribution in [2.24, 2.45) is 0 Å². The molecule has 0 radical (unpaired) electrons. The highest BCUT2D eigenvalue weighted by molar-refractivity contribution is 5.93. The van der Waals surface area contributed by atoms with Gasteiger partial charge in [0.1, 0.15) is 11.6 Å². The summed E-state index contributed by atoms with van der Waals surface area (Å²) in [7, 11) is 0.